The van der Waals surface area contributed by atoms with Gasteiger partial charge in [0.1, 0.15) is 5.82 Å². The predicted molar refractivity (Wildman–Crippen MR) is 82.3 cm³/mol. The van der Waals surface area contributed by atoms with Crippen LogP contribution in [0.5, 0.6) is 0 Å². The van der Waals surface area contributed by atoms with Gasteiger partial charge >= 0.3 is 0 Å². The summed E-state index contributed by atoms with van der Waals surface area (Å²) >= 11 is 0. The fourth-order valence-electron chi connectivity index (χ4n) is 2.35. The van der Waals surface area contributed by atoms with Gasteiger partial charge < -0.3 is 5.73 Å². The molecule has 0 heterocycles. The molecular formula is C16H19FNP. The highest BCUT2D eigenvalue weighted by molar-refractivity contribution is 7.27. The molecule has 2 rings (SSSR count). The Labute approximate surface area is 116 Å². The summed E-state index contributed by atoms with van der Waals surface area (Å²) in [4.78, 5) is 0. The van der Waals surface area contributed by atoms with E-state index in [1.54, 1.807) is 12.1 Å². The highest BCUT2D eigenvalue weighted by Crippen LogP contribution is 2.29. The summed E-state index contributed by atoms with van der Waals surface area (Å²) in [5.41, 5.74) is 7.85. The zero-order chi connectivity index (χ0) is 13.7. The summed E-state index contributed by atoms with van der Waals surface area (Å²) < 4.78 is 13.4. The van der Waals surface area contributed by atoms with Crippen molar-refractivity contribution in [1.82, 2.24) is 0 Å². The van der Waals surface area contributed by atoms with Crippen LogP contribution in [-0.2, 0) is 0 Å². The van der Waals surface area contributed by atoms with E-state index in [-0.39, 0.29) is 11.7 Å². The van der Waals surface area contributed by atoms with Gasteiger partial charge in [0.15, 0.2) is 0 Å². The minimum absolute atomic E-state index is 0.183. The first-order chi connectivity index (χ1) is 9.20. The van der Waals surface area contributed by atoms with Crippen molar-refractivity contribution in [3.63, 3.8) is 0 Å². The highest BCUT2D eigenvalue weighted by Gasteiger charge is 2.14. The molecule has 2 unspecified atom stereocenters. The van der Waals surface area contributed by atoms with Gasteiger partial charge in [-0.05, 0) is 48.0 Å². The van der Waals surface area contributed by atoms with Gasteiger partial charge in [-0.1, -0.05) is 36.4 Å². The molecule has 2 N–H and O–H groups in total. The second-order valence-corrected chi connectivity index (χ2v) is 5.38. The van der Waals surface area contributed by atoms with Crippen LogP contribution in [0, 0.1) is 5.82 Å². The van der Waals surface area contributed by atoms with E-state index in [4.69, 9.17) is 5.73 Å². The van der Waals surface area contributed by atoms with Gasteiger partial charge in [0, 0.05) is 5.92 Å². The quantitative estimate of drug-likeness (QED) is 0.833. The zero-order valence-corrected chi connectivity index (χ0v) is 12.0. The molecule has 2 aromatic rings. The number of halogens is 1. The first-order valence-corrected chi connectivity index (χ1v) is 7.09. The largest absolute Gasteiger partial charge is 0.330 e. The first-order valence-electron chi connectivity index (χ1n) is 6.51. The van der Waals surface area contributed by atoms with Crippen LogP contribution in [0.2, 0.25) is 0 Å². The van der Waals surface area contributed by atoms with Crippen LogP contribution in [0.15, 0.2) is 48.5 Å². The van der Waals surface area contributed by atoms with Crippen molar-refractivity contribution in [2.75, 3.05) is 6.54 Å². The lowest BCUT2D eigenvalue weighted by Crippen LogP contribution is -2.07. The van der Waals surface area contributed by atoms with Crippen molar-refractivity contribution in [1.29, 1.82) is 0 Å². The molecule has 0 saturated carbocycles. The molecule has 0 fully saturated rings. The maximum absolute atomic E-state index is 13.4. The van der Waals surface area contributed by atoms with Gasteiger partial charge in [0.05, 0.1) is 0 Å². The summed E-state index contributed by atoms with van der Waals surface area (Å²) in [6.07, 6.45) is 1.87. The number of benzene rings is 2. The van der Waals surface area contributed by atoms with Gasteiger partial charge in [0.25, 0.3) is 0 Å². The van der Waals surface area contributed by atoms with E-state index >= 15 is 0 Å². The first kappa shape index (κ1) is 14.2. The Kier molecular flexibility index (Phi) is 5.07. The average Bonchev–Trinajstić information content (AvgIpc) is 2.39. The number of rotatable bonds is 5. The zero-order valence-electron chi connectivity index (χ0n) is 10.9. The van der Waals surface area contributed by atoms with Crippen LogP contribution in [0.1, 0.15) is 29.9 Å². The lowest BCUT2D eigenvalue weighted by Gasteiger charge is -2.18. The van der Waals surface area contributed by atoms with Gasteiger partial charge in [-0.15, -0.1) is 9.24 Å². The fourth-order valence-corrected chi connectivity index (χ4v) is 2.65. The van der Waals surface area contributed by atoms with Crippen molar-refractivity contribution in [3.05, 3.63) is 65.5 Å². The maximum atomic E-state index is 13.4. The van der Waals surface area contributed by atoms with Crippen LogP contribution in [0.3, 0.4) is 0 Å². The van der Waals surface area contributed by atoms with Crippen molar-refractivity contribution >= 4 is 14.5 Å². The summed E-state index contributed by atoms with van der Waals surface area (Å²) in [6.45, 7) is 0.659. The summed E-state index contributed by atoms with van der Waals surface area (Å²) in [5.74, 6) is 0.0250. The third kappa shape index (κ3) is 3.86. The topological polar surface area (TPSA) is 26.0 Å². The lowest BCUT2D eigenvalue weighted by molar-refractivity contribution is 0.616. The molecule has 0 bridgehead atoms. The highest BCUT2D eigenvalue weighted by atomic mass is 31.0. The normalized spacial score (nSPS) is 12.4. The van der Waals surface area contributed by atoms with Gasteiger partial charge in [0.2, 0.25) is 0 Å². The third-order valence-corrected chi connectivity index (χ3v) is 3.62. The summed E-state index contributed by atoms with van der Waals surface area (Å²) in [5, 5.41) is 1.15. The number of nitrogens with two attached hydrogens (primary N) is 1. The Morgan fingerprint density at radius 2 is 1.74 bits per heavy atom. The second kappa shape index (κ2) is 6.79. The minimum atomic E-state index is -0.183. The molecule has 100 valence electrons. The third-order valence-electron chi connectivity index (χ3n) is 3.26. The lowest BCUT2D eigenvalue weighted by atomic mass is 9.87. The summed E-state index contributed by atoms with van der Waals surface area (Å²) in [6, 6.07) is 15.2. The smallest absolute Gasteiger partial charge is 0.123 e. The fraction of sp³-hybridized carbons (Fsp3) is 0.250. The summed E-state index contributed by atoms with van der Waals surface area (Å²) in [7, 11) is 2.70. The monoisotopic (exact) mass is 275 g/mol. The van der Waals surface area contributed by atoms with Crippen molar-refractivity contribution in [2.24, 2.45) is 5.73 Å². The molecule has 3 heteroatoms. The SMILES string of the molecule is NCCCC(c1cccc(F)c1)c1cccc(P)c1. The minimum Gasteiger partial charge on any atom is -0.330 e. The Balaban J connectivity index is 2.35. The molecule has 0 spiro atoms. The molecule has 2 aromatic carbocycles. The van der Waals surface area contributed by atoms with E-state index in [2.05, 4.69) is 21.4 Å². The van der Waals surface area contributed by atoms with E-state index in [1.165, 1.54) is 11.6 Å². The Hall–Kier alpha value is -1.24. The van der Waals surface area contributed by atoms with Crippen molar-refractivity contribution in [2.45, 2.75) is 18.8 Å². The Bertz CT molecular complexity index is 496. The van der Waals surface area contributed by atoms with Crippen LogP contribution in [0.4, 0.5) is 4.39 Å². The molecule has 0 amide bonds. The molecular weight excluding hydrogens is 256 g/mol. The molecule has 0 saturated heterocycles. The Morgan fingerprint density at radius 1 is 1.05 bits per heavy atom. The van der Waals surface area contributed by atoms with Gasteiger partial charge in [-0.2, -0.15) is 0 Å². The molecule has 1 nitrogen and oxygen atoms in total. The molecule has 0 aromatic heterocycles. The van der Waals surface area contributed by atoms with Gasteiger partial charge in [-0.25, -0.2) is 4.39 Å². The van der Waals surface area contributed by atoms with Crippen molar-refractivity contribution < 1.29 is 4.39 Å². The predicted octanol–water partition coefficient (Wildman–Crippen LogP) is 3.20. The molecule has 19 heavy (non-hydrogen) atoms. The van der Waals surface area contributed by atoms with Crippen LogP contribution in [-0.4, -0.2) is 6.54 Å². The van der Waals surface area contributed by atoms with Crippen molar-refractivity contribution in [3.8, 4) is 0 Å². The van der Waals surface area contributed by atoms with Crippen LogP contribution in [0.25, 0.3) is 0 Å². The maximum Gasteiger partial charge on any atom is 0.123 e. The number of hydrogen-bond donors (Lipinski definition) is 1. The van der Waals surface area contributed by atoms with E-state index in [0.29, 0.717) is 6.54 Å². The van der Waals surface area contributed by atoms with E-state index < -0.39 is 0 Å². The van der Waals surface area contributed by atoms with E-state index in [0.717, 1.165) is 23.7 Å². The van der Waals surface area contributed by atoms with Gasteiger partial charge in [-0.3, -0.25) is 0 Å². The standard InChI is InChI=1S/C16H19FNP/c17-14-6-1-4-12(10-14)16(8-3-9-18)13-5-2-7-15(19)11-13/h1-2,4-7,10-11,16H,3,8-9,18-19H2. The molecule has 0 aliphatic rings. The second-order valence-electron chi connectivity index (χ2n) is 4.71. The molecule has 0 radical (unpaired) electrons. The molecule has 0 aliphatic carbocycles. The van der Waals surface area contributed by atoms with E-state index in [9.17, 15) is 4.39 Å². The van der Waals surface area contributed by atoms with Crippen LogP contribution >= 0.6 is 9.24 Å². The number of hydrogen-bond acceptors (Lipinski definition) is 1. The molecule has 2 atom stereocenters. The van der Waals surface area contributed by atoms with E-state index in [1.807, 2.05) is 18.2 Å². The van der Waals surface area contributed by atoms with Crippen LogP contribution < -0.4 is 11.0 Å². The Morgan fingerprint density at radius 3 is 2.37 bits per heavy atom. The molecule has 0 aliphatic heterocycles. The average molecular weight is 275 g/mol.